The van der Waals surface area contributed by atoms with Gasteiger partial charge in [0.25, 0.3) is 0 Å². The summed E-state index contributed by atoms with van der Waals surface area (Å²) < 4.78 is 16.8. The molecule has 5 heteroatoms. The second-order valence-electron chi connectivity index (χ2n) is 7.08. The van der Waals surface area contributed by atoms with E-state index in [-0.39, 0.29) is 0 Å². The van der Waals surface area contributed by atoms with Crippen LogP contribution < -0.4 is 19.5 Å². The van der Waals surface area contributed by atoms with Gasteiger partial charge in [-0.05, 0) is 66.9 Å². The Morgan fingerprint density at radius 3 is 2.37 bits per heavy atom. The average Bonchev–Trinajstić information content (AvgIpc) is 2.77. The van der Waals surface area contributed by atoms with E-state index in [0.29, 0.717) is 18.2 Å². The van der Waals surface area contributed by atoms with E-state index >= 15 is 0 Å². The van der Waals surface area contributed by atoms with Gasteiger partial charge in [0, 0.05) is 17.1 Å². The molecular formula is C25H28ClNO3. The van der Waals surface area contributed by atoms with E-state index in [1.807, 2.05) is 42.5 Å². The summed E-state index contributed by atoms with van der Waals surface area (Å²) in [5, 5.41) is 4.19. The van der Waals surface area contributed by atoms with Crippen molar-refractivity contribution in [2.45, 2.75) is 26.5 Å². The Bertz CT molecular complexity index is 974. The molecule has 3 aromatic carbocycles. The Labute approximate surface area is 183 Å². The number of nitrogens with one attached hydrogen (secondary N) is 1. The number of aryl methyl sites for hydroxylation is 1. The van der Waals surface area contributed by atoms with Gasteiger partial charge in [-0.2, -0.15) is 0 Å². The third kappa shape index (κ3) is 5.91. The molecule has 0 fully saturated rings. The Balaban J connectivity index is 1.57. The molecule has 158 valence electrons. The van der Waals surface area contributed by atoms with Gasteiger partial charge in [0.1, 0.15) is 12.4 Å². The lowest BCUT2D eigenvalue weighted by Crippen LogP contribution is -2.17. The minimum absolute atomic E-state index is 0.535. The van der Waals surface area contributed by atoms with Crippen LogP contribution in [0.2, 0.25) is 5.02 Å². The van der Waals surface area contributed by atoms with Gasteiger partial charge in [0.2, 0.25) is 0 Å². The monoisotopic (exact) mass is 425 g/mol. The normalized spacial score (nSPS) is 10.7. The SMILES string of the molecule is COc1ccc(CCNCc2cc(Cl)ccc2OCc2ccccc2C)cc1OC. The van der Waals surface area contributed by atoms with Crippen LogP contribution in [0.5, 0.6) is 17.2 Å². The maximum absolute atomic E-state index is 6.22. The number of hydrogen-bond donors (Lipinski definition) is 1. The van der Waals surface area contributed by atoms with Crippen molar-refractivity contribution < 1.29 is 14.2 Å². The first-order valence-electron chi connectivity index (χ1n) is 9.98. The predicted octanol–water partition coefficient (Wildman–Crippen LogP) is 5.58. The first kappa shape index (κ1) is 22.0. The average molecular weight is 426 g/mol. The number of benzene rings is 3. The fourth-order valence-corrected chi connectivity index (χ4v) is 3.44. The molecule has 30 heavy (non-hydrogen) atoms. The fraction of sp³-hybridized carbons (Fsp3) is 0.280. The number of halogens is 1. The fourth-order valence-electron chi connectivity index (χ4n) is 3.25. The molecule has 3 rings (SSSR count). The molecule has 3 aromatic rings. The van der Waals surface area contributed by atoms with E-state index in [1.165, 1.54) is 16.7 Å². The highest BCUT2D eigenvalue weighted by atomic mass is 35.5. The van der Waals surface area contributed by atoms with E-state index in [9.17, 15) is 0 Å². The first-order chi connectivity index (χ1) is 14.6. The summed E-state index contributed by atoms with van der Waals surface area (Å²) in [5.74, 6) is 2.33. The van der Waals surface area contributed by atoms with Crippen LogP contribution in [0.25, 0.3) is 0 Å². The summed E-state index contributed by atoms with van der Waals surface area (Å²) >= 11 is 6.22. The van der Waals surface area contributed by atoms with Gasteiger partial charge >= 0.3 is 0 Å². The lowest BCUT2D eigenvalue weighted by atomic mass is 10.1. The van der Waals surface area contributed by atoms with Crippen LogP contribution in [0.4, 0.5) is 0 Å². The molecule has 0 radical (unpaired) electrons. The standard InChI is InChI=1S/C25H28ClNO3/c1-18-6-4-5-7-20(18)17-30-23-11-9-22(26)15-21(23)16-27-13-12-19-8-10-24(28-2)25(14-19)29-3/h4-11,14-15,27H,12-13,16-17H2,1-3H3. The zero-order chi connectivity index (χ0) is 21.3. The Morgan fingerprint density at radius 2 is 1.60 bits per heavy atom. The number of ether oxygens (including phenoxy) is 3. The van der Waals surface area contributed by atoms with Crippen LogP contribution in [0.3, 0.4) is 0 Å². The minimum atomic E-state index is 0.535. The highest BCUT2D eigenvalue weighted by Gasteiger charge is 2.08. The second kappa shape index (κ2) is 10.9. The highest BCUT2D eigenvalue weighted by Crippen LogP contribution is 2.28. The third-order valence-electron chi connectivity index (χ3n) is 5.02. The Morgan fingerprint density at radius 1 is 0.833 bits per heavy atom. The van der Waals surface area contributed by atoms with Crippen molar-refractivity contribution in [1.29, 1.82) is 0 Å². The molecule has 0 saturated carbocycles. The van der Waals surface area contributed by atoms with E-state index in [0.717, 1.165) is 35.8 Å². The lowest BCUT2D eigenvalue weighted by molar-refractivity contribution is 0.301. The van der Waals surface area contributed by atoms with Crippen molar-refractivity contribution in [3.05, 3.63) is 87.9 Å². The summed E-state index contributed by atoms with van der Waals surface area (Å²) in [4.78, 5) is 0. The summed E-state index contributed by atoms with van der Waals surface area (Å²) in [6.07, 6.45) is 0.875. The zero-order valence-corrected chi connectivity index (χ0v) is 18.5. The summed E-state index contributed by atoms with van der Waals surface area (Å²) in [6.45, 7) is 4.13. The van der Waals surface area contributed by atoms with E-state index < -0.39 is 0 Å². The molecule has 0 amide bonds. The maximum atomic E-state index is 6.22. The zero-order valence-electron chi connectivity index (χ0n) is 17.7. The molecule has 4 nitrogen and oxygen atoms in total. The van der Waals surface area contributed by atoms with Crippen molar-refractivity contribution >= 4 is 11.6 Å². The van der Waals surface area contributed by atoms with Gasteiger partial charge < -0.3 is 19.5 Å². The van der Waals surface area contributed by atoms with E-state index in [4.69, 9.17) is 25.8 Å². The smallest absolute Gasteiger partial charge is 0.160 e. The number of rotatable bonds is 10. The van der Waals surface area contributed by atoms with Crippen LogP contribution in [-0.2, 0) is 19.6 Å². The highest BCUT2D eigenvalue weighted by molar-refractivity contribution is 6.30. The molecule has 0 aromatic heterocycles. The van der Waals surface area contributed by atoms with E-state index in [2.05, 4.69) is 30.4 Å². The Kier molecular flexibility index (Phi) is 8.00. The second-order valence-corrected chi connectivity index (χ2v) is 7.52. The molecule has 0 saturated heterocycles. The maximum Gasteiger partial charge on any atom is 0.160 e. The summed E-state index contributed by atoms with van der Waals surface area (Å²) in [7, 11) is 3.29. The largest absolute Gasteiger partial charge is 0.493 e. The van der Waals surface area contributed by atoms with Gasteiger partial charge in [-0.3, -0.25) is 0 Å². The van der Waals surface area contributed by atoms with Crippen LogP contribution in [0.1, 0.15) is 22.3 Å². The molecular weight excluding hydrogens is 398 g/mol. The molecule has 0 aliphatic carbocycles. The minimum Gasteiger partial charge on any atom is -0.493 e. The first-order valence-corrected chi connectivity index (χ1v) is 10.4. The van der Waals surface area contributed by atoms with Gasteiger partial charge in [0.15, 0.2) is 11.5 Å². The molecule has 0 atom stereocenters. The summed E-state index contributed by atoms with van der Waals surface area (Å²) in [6, 6.07) is 20.0. The summed E-state index contributed by atoms with van der Waals surface area (Å²) in [5.41, 5.74) is 4.63. The van der Waals surface area contributed by atoms with Crippen molar-refractivity contribution in [3.63, 3.8) is 0 Å². The molecule has 0 bridgehead atoms. The molecule has 0 spiro atoms. The van der Waals surface area contributed by atoms with Gasteiger partial charge in [-0.15, -0.1) is 0 Å². The molecule has 0 unspecified atom stereocenters. The Hall–Kier alpha value is -2.69. The topological polar surface area (TPSA) is 39.7 Å². The number of hydrogen-bond acceptors (Lipinski definition) is 4. The van der Waals surface area contributed by atoms with Crippen LogP contribution in [-0.4, -0.2) is 20.8 Å². The third-order valence-corrected chi connectivity index (χ3v) is 5.26. The quantitative estimate of drug-likeness (QED) is 0.430. The number of methoxy groups -OCH3 is 2. The van der Waals surface area contributed by atoms with Crippen LogP contribution >= 0.6 is 11.6 Å². The van der Waals surface area contributed by atoms with Gasteiger partial charge in [-0.1, -0.05) is 41.9 Å². The van der Waals surface area contributed by atoms with Gasteiger partial charge in [-0.25, -0.2) is 0 Å². The van der Waals surface area contributed by atoms with E-state index in [1.54, 1.807) is 14.2 Å². The van der Waals surface area contributed by atoms with Gasteiger partial charge in [0.05, 0.1) is 14.2 Å². The van der Waals surface area contributed by atoms with Crippen molar-refractivity contribution in [3.8, 4) is 17.2 Å². The molecule has 1 N–H and O–H groups in total. The van der Waals surface area contributed by atoms with Crippen molar-refractivity contribution in [1.82, 2.24) is 5.32 Å². The molecule has 0 aliphatic heterocycles. The van der Waals surface area contributed by atoms with Crippen LogP contribution in [0.15, 0.2) is 60.7 Å². The van der Waals surface area contributed by atoms with Crippen LogP contribution in [0, 0.1) is 6.92 Å². The van der Waals surface area contributed by atoms with Crippen molar-refractivity contribution in [2.24, 2.45) is 0 Å². The lowest BCUT2D eigenvalue weighted by Gasteiger charge is -2.14. The molecule has 0 heterocycles. The van der Waals surface area contributed by atoms with Crippen molar-refractivity contribution in [2.75, 3.05) is 20.8 Å². The predicted molar refractivity (Wildman–Crippen MR) is 122 cm³/mol. The molecule has 0 aliphatic rings.